The van der Waals surface area contributed by atoms with Crippen LogP contribution in [-0.4, -0.2) is 12.9 Å². The van der Waals surface area contributed by atoms with Crippen molar-refractivity contribution in [3.63, 3.8) is 0 Å². The minimum atomic E-state index is -0.0276. The zero-order valence-electron chi connectivity index (χ0n) is 11.0. The van der Waals surface area contributed by atoms with Crippen LogP contribution in [-0.2, 0) is 0 Å². The van der Waals surface area contributed by atoms with Gasteiger partial charge in [0.25, 0.3) is 0 Å². The lowest BCUT2D eigenvalue weighted by molar-refractivity contribution is 0.103. The predicted molar refractivity (Wildman–Crippen MR) is 93.3 cm³/mol. The standard InChI is InChI=1S/C14H11Br3O2S/c1-6-4-8(15)7(2)11(13(6)19-3)12(18)10-5-9(16)14(17)20-10/h4-5H,1-3H3. The second-order valence-corrected chi connectivity index (χ2v) is 8.35. The molecule has 1 heterocycles. The molecule has 0 spiro atoms. The van der Waals surface area contributed by atoms with E-state index < -0.39 is 0 Å². The van der Waals surface area contributed by atoms with Crippen LogP contribution in [0, 0.1) is 13.8 Å². The highest BCUT2D eigenvalue weighted by atomic mass is 79.9. The van der Waals surface area contributed by atoms with Gasteiger partial charge in [0.15, 0.2) is 0 Å². The summed E-state index contributed by atoms with van der Waals surface area (Å²) in [5.74, 6) is 0.608. The number of thiophene rings is 1. The topological polar surface area (TPSA) is 26.3 Å². The molecule has 0 saturated carbocycles. The largest absolute Gasteiger partial charge is 0.496 e. The number of carbonyl (C=O) groups excluding carboxylic acids is 1. The first-order chi connectivity index (χ1) is 9.36. The highest BCUT2D eigenvalue weighted by Crippen LogP contribution is 2.38. The number of carbonyl (C=O) groups is 1. The van der Waals surface area contributed by atoms with Crippen molar-refractivity contribution in [2.75, 3.05) is 7.11 Å². The van der Waals surface area contributed by atoms with Gasteiger partial charge in [0.2, 0.25) is 5.78 Å². The van der Waals surface area contributed by atoms with Gasteiger partial charge < -0.3 is 4.74 Å². The van der Waals surface area contributed by atoms with Crippen molar-refractivity contribution < 1.29 is 9.53 Å². The van der Waals surface area contributed by atoms with Gasteiger partial charge in [-0.1, -0.05) is 15.9 Å². The van der Waals surface area contributed by atoms with Crippen molar-refractivity contribution in [3.05, 3.63) is 46.4 Å². The van der Waals surface area contributed by atoms with Crippen molar-refractivity contribution in [1.29, 1.82) is 0 Å². The molecule has 0 unspecified atom stereocenters. The Labute approximate surface area is 146 Å². The highest BCUT2D eigenvalue weighted by Gasteiger charge is 2.23. The van der Waals surface area contributed by atoms with Crippen LogP contribution >= 0.6 is 59.1 Å². The molecule has 0 aliphatic heterocycles. The first kappa shape index (κ1) is 16.2. The molecule has 0 atom stereocenters. The van der Waals surface area contributed by atoms with Crippen LogP contribution in [0.25, 0.3) is 0 Å². The van der Waals surface area contributed by atoms with Crippen molar-refractivity contribution in [1.82, 2.24) is 0 Å². The Morgan fingerprint density at radius 3 is 2.30 bits per heavy atom. The van der Waals surface area contributed by atoms with Gasteiger partial charge in [-0.2, -0.15) is 0 Å². The van der Waals surface area contributed by atoms with Crippen LogP contribution in [0.3, 0.4) is 0 Å². The fraction of sp³-hybridized carbons (Fsp3) is 0.214. The zero-order chi connectivity index (χ0) is 15.0. The molecule has 6 heteroatoms. The Morgan fingerprint density at radius 1 is 1.15 bits per heavy atom. The van der Waals surface area contributed by atoms with E-state index in [-0.39, 0.29) is 5.78 Å². The summed E-state index contributed by atoms with van der Waals surface area (Å²) < 4.78 is 8.13. The van der Waals surface area contributed by atoms with Crippen molar-refractivity contribution in [2.24, 2.45) is 0 Å². The molecule has 0 aliphatic rings. The van der Waals surface area contributed by atoms with E-state index in [1.807, 2.05) is 26.0 Å². The van der Waals surface area contributed by atoms with Crippen LogP contribution in [0.1, 0.15) is 26.4 Å². The predicted octanol–water partition coefficient (Wildman–Crippen LogP) is 5.89. The first-order valence-electron chi connectivity index (χ1n) is 5.70. The van der Waals surface area contributed by atoms with E-state index in [2.05, 4.69) is 47.8 Å². The Balaban J connectivity index is 2.65. The van der Waals surface area contributed by atoms with E-state index in [0.29, 0.717) is 16.2 Å². The Morgan fingerprint density at radius 2 is 1.80 bits per heavy atom. The summed E-state index contributed by atoms with van der Waals surface area (Å²) in [4.78, 5) is 13.5. The second-order valence-electron chi connectivity index (χ2n) is 4.27. The van der Waals surface area contributed by atoms with Gasteiger partial charge in [0, 0.05) is 8.95 Å². The average Bonchev–Trinajstić information content (AvgIpc) is 2.73. The molecule has 1 aromatic heterocycles. The molecule has 2 aromatic rings. The molecule has 1 aromatic carbocycles. The van der Waals surface area contributed by atoms with E-state index in [4.69, 9.17) is 4.74 Å². The number of benzene rings is 1. The lowest BCUT2D eigenvalue weighted by atomic mass is 9.99. The Hall–Kier alpha value is -0.170. The molecular formula is C14H11Br3O2S. The number of methoxy groups -OCH3 is 1. The van der Waals surface area contributed by atoms with E-state index in [0.717, 1.165) is 23.9 Å². The second kappa shape index (κ2) is 6.30. The maximum absolute atomic E-state index is 12.8. The molecule has 0 saturated heterocycles. The fourth-order valence-electron chi connectivity index (χ4n) is 1.97. The molecule has 0 amide bonds. The Kier molecular flexibility index (Phi) is 5.10. The van der Waals surface area contributed by atoms with Gasteiger partial charge in [-0.15, -0.1) is 11.3 Å². The molecular weight excluding hydrogens is 472 g/mol. The maximum atomic E-state index is 12.8. The summed E-state index contributed by atoms with van der Waals surface area (Å²) in [6.07, 6.45) is 0. The molecule has 0 bridgehead atoms. The summed E-state index contributed by atoms with van der Waals surface area (Å²) in [7, 11) is 1.59. The third-order valence-electron chi connectivity index (χ3n) is 2.96. The van der Waals surface area contributed by atoms with Gasteiger partial charge in [-0.25, -0.2) is 0 Å². The number of ketones is 1. The van der Waals surface area contributed by atoms with Crippen molar-refractivity contribution in [3.8, 4) is 5.75 Å². The lowest BCUT2D eigenvalue weighted by Crippen LogP contribution is -2.07. The molecule has 0 fully saturated rings. The van der Waals surface area contributed by atoms with Gasteiger partial charge in [0.1, 0.15) is 5.75 Å². The van der Waals surface area contributed by atoms with Crippen molar-refractivity contribution >= 4 is 64.9 Å². The van der Waals surface area contributed by atoms with E-state index >= 15 is 0 Å². The minimum Gasteiger partial charge on any atom is -0.496 e. The molecule has 20 heavy (non-hydrogen) atoms. The molecule has 106 valence electrons. The molecule has 0 aliphatic carbocycles. The normalized spacial score (nSPS) is 10.7. The monoisotopic (exact) mass is 480 g/mol. The quantitative estimate of drug-likeness (QED) is 0.510. The lowest BCUT2D eigenvalue weighted by Gasteiger charge is -2.14. The van der Waals surface area contributed by atoms with Crippen LogP contribution in [0.2, 0.25) is 0 Å². The van der Waals surface area contributed by atoms with E-state index in [9.17, 15) is 4.79 Å². The number of ether oxygens (including phenoxy) is 1. The minimum absolute atomic E-state index is 0.0276. The summed E-state index contributed by atoms with van der Waals surface area (Å²) in [5.41, 5.74) is 2.43. The van der Waals surface area contributed by atoms with Gasteiger partial charge >= 0.3 is 0 Å². The number of rotatable bonds is 3. The van der Waals surface area contributed by atoms with Crippen LogP contribution in [0.4, 0.5) is 0 Å². The molecule has 0 N–H and O–H groups in total. The van der Waals surface area contributed by atoms with Crippen LogP contribution in [0.15, 0.2) is 24.9 Å². The summed E-state index contributed by atoms with van der Waals surface area (Å²) in [6.45, 7) is 3.84. The maximum Gasteiger partial charge on any atom is 0.207 e. The first-order valence-corrected chi connectivity index (χ1v) is 8.89. The smallest absolute Gasteiger partial charge is 0.207 e. The summed E-state index contributed by atoms with van der Waals surface area (Å²) >= 11 is 11.7. The average molecular weight is 483 g/mol. The van der Waals surface area contributed by atoms with Gasteiger partial charge in [-0.05, 0) is 69.0 Å². The number of hydrogen-bond acceptors (Lipinski definition) is 3. The highest BCUT2D eigenvalue weighted by molar-refractivity contribution is 9.13. The van der Waals surface area contributed by atoms with Gasteiger partial charge in [0.05, 0.1) is 21.3 Å². The third-order valence-corrected chi connectivity index (χ3v) is 7.04. The van der Waals surface area contributed by atoms with E-state index in [1.165, 1.54) is 11.3 Å². The van der Waals surface area contributed by atoms with Crippen molar-refractivity contribution in [2.45, 2.75) is 13.8 Å². The molecule has 0 radical (unpaired) electrons. The number of hydrogen-bond donors (Lipinski definition) is 0. The van der Waals surface area contributed by atoms with E-state index in [1.54, 1.807) is 7.11 Å². The number of halogens is 3. The zero-order valence-corrected chi connectivity index (χ0v) is 16.6. The third kappa shape index (κ3) is 2.89. The van der Waals surface area contributed by atoms with Crippen LogP contribution in [0.5, 0.6) is 5.75 Å². The summed E-state index contributed by atoms with van der Waals surface area (Å²) in [5, 5.41) is 0. The molecule has 2 rings (SSSR count). The number of aryl methyl sites for hydroxylation is 1. The Bertz CT molecular complexity index is 673. The SMILES string of the molecule is COc1c(C)cc(Br)c(C)c1C(=O)c1cc(Br)c(Br)s1. The van der Waals surface area contributed by atoms with Gasteiger partial charge in [-0.3, -0.25) is 4.79 Å². The molecule has 2 nitrogen and oxygen atoms in total. The fourth-order valence-corrected chi connectivity index (χ4v) is 4.49. The summed E-state index contributed by atoms with van der Waals surface area (Å²) in [6, 6.07) is 3.79. The van der Waals surface area contributed by atoms with Crippen LogP contribution < -0.4 is 4.74 Å².